The largest absolute Gasteiger partial charge is 0.454 e. The number of aliphatic hydroxyl groups excluding tert-OH is 5. The average molecular weight is 1130 g/mol. The lowest BCUT2D eigenvalue weighted by atomic mass is 9.99. The number of carbonyl (C=O) groups excluding carboxylic acids is 2. The first-order chi connectivity index (χ1) is 39.7. The van der Waals surface area contributed by atoms with Crippen LogP contribution in [0.15, 0.2) is 122 Å². The Kier molecular flexibility index (Phi) is 52.4. The van der Waals surface area contributed by atoms with Crippen LogP contribution in [0.5, 0.6) is 0 Å². The molecule has 1 aliphatic rings. The summed E-state index contributed by atoms with van der Waals surface area (Å²) in [4.78, 5) is 26.6. The third-order valence-electron chi connectivity index (χ3n) is 14.4. The minimum atomic E-state index is -1.63. The molecule has 0 aliphatic carbocycles. The van der Waals surface area contributed by atoms with Crippen LogP contribution in [-0.2, 0) is 23.8 Å². The van der Waals surface area contributed by atoms with E-state index in [0.717, 1.165) is 141 Å². The summed E-state index contributed by atoms with van der Waals surface area (Å²) in [5.74, 6) is -1.22. The second-order valence-electron chi connectivity index (χ2n) is 21.8. The van der Waals surface area contributed by atoms with E-state index in [1.807, 2.05) is 18.2 Å². The van der Waals surface area contributed by atoms with Crippen molar-refractivity contribution in [1.29, 1.82) is 0 Å². The zero-order valence-corrected chi connectivity index (χ0v) is 51.1. The lowest BCUT2D eigenvalue weighted by Crippen LogP contribution is -2.61. The van der Waals surface area contributed by atoms with Crippen LogP contribution in [0.1, 0.15) is 245 Å². The molecule has 0 aromatic heterocycles. The number of carbonyl (C=O) groups is 2. The molecule has 1 fully saturated rings. The Labute approximate surface area is 493 Å². The highest BCUT2D eigenvalue weighted by atomic mass is 16.7. The Balaban J connectivity index is 2.59. The van der Waals surface area contributed by atoms with Crippen LogP contribution in [0.4, 0.5) is 0 Å². The van der Waals surface area contributed by atoms with Gasteiger partial charge in [-0.15, -0.1) is 0 Å². The molecule has 0 saturated carbocycles. The number of amides is 1. The number of hydrogen-bond acceptors (Lipinski definition) is 10. The summed E-state index contributed by atoms with van der Waals surface area (Å²) in [5.41, 5.74) is 0. The second kappa shape index (κ2) is 56.5. The van der Waals surface area contributed by atoms with Crippen LogP contribution in [0.25, 0.3) is 0 Å². The van der Waals surface area contributed by atoms with Gasteiger partial charge in [0.2, 0.25) is 5.91 Å². The van der Waals surface area contributed by atoms with Gasteiger partial charge in [-0.1, -0.05) is 264 Å². The Morgan fingerprint density at radius 3 is 1.47 bits per heavy atom. The maximum Gasteiger partial charge on any atom is 0.306 e. The Hall–Kier alpha value is -3.94. The molecule has 81 heavy (non-hydrogen) atoms. The first-order valence-electron chi connectivity index (χ1n) is 32.3. The Morgan fingerprint density at radius 1 is 0.506 bits per heavy atom. The molecule has 462 valence electrons. The van der Waals surface area contributed by atoms with Gasteiger partial charge < -0.3 is 45.1 Å². The SMILES string of the molecule is CC/C=C\C/C=C\C/C=C\C/C=C\C/C=C\C/C=C\CCCCCCCCCCC(=O)OC1C(OCC(NC(=O)C(O)CCCCCCCC/C=C/C=C/C=C/CC)C(O)/C=C/CCCCCCCCCCC)OC(CO)C(O)C1O. The summed E-state index contributed by atoms with van der Waals surface area (Å²) >= 11 is 0. The maximum absolute atomic E-state index is 13.4. The number of hydrogen-bond donors (Lipinski definition) is 6. The van der Waals surface area contributed by atoms with Crippen molar-refractivity contribution in [1.82, 2.24) is 5.32 Å². The number of ether oxygens (including phenoxy) is 3. The molecule has 0 bridgehead atoms. The van der Waals surface area contributed by atoms with Crippen LogP contribution in [0.3, 0.4) is 0 Å². The third-order valence-corrected chi connectivity index (χ3v) is 14.4. The lowest BCUT2D eigenvalue weighted by Gasteiger charge is -2.41. The van der Waals surface area contributed by atoms with Crippen molar-refractivity contribution in [3.8, 4) is 0 Å². The predicted molar refractivity (Wildman–Crippen MR) is 338 cm³/mol. The zero-order chi connectivity index (χ0) is 58.9. The van der Waals surface area contributed by atoms with E-state index in [0.29, 0.717) is 12.8 Å². The number of unbranched alkanes of at least 4 members (excludes halogenated alkanes) is 23. The van der Waals surface area contributed by atoms with E-state index < -0.39 is 67.4 Å². The summed E-state index contributed by atoms with van der Waals surface area (Å²) in [6, 6.07) is -1.04. The van der Waals surface area contributed by atoms with Crippen LogP contribution < -0.4 is 5.32 Å². The van der Waals surface area contributed by atoms with E-state index in [-0.39, 0.29) is 19.4 Å². The van der Waals surface area contributed by atoms with Crippen molar-refractivity contribution in [3.63, 3.8) is 0 Å². The third kappa shape index (κ3) is 44.3. The maximum atomic E-state index is 13.4. The van der Waals surface area contributed by atoms with E-state index in [2.05, 4.69) is 123 Å². The normalized spacial score (nSPS) is 19.5. The zero-order valence-electron chi connectivity index (χ0n) is 51.1. The topological polar surface area (TPSA) is 175 Å². The van der Waals surface area contributed by atoms with Gasteiger partial charge in [0.15, 0.2) is 12.4 Å². The molecule has 1 rings (SSSR count). The summed E-state index contributed by atoms with van der Waals surface area (Å²) in [6.07, 6.45) is 68.1. The fourth-order valence-corrected chi connectivity index (χ4v) is 9.36. The minimum Gasteiger partial charge on any atom is -0.454 e. The van der Waals surface area contributed by atoms with E-state index in [1.54, 1.807) is 6.08 Å². The van der Waals surface area contributed by atoms with Gasteiger partial charge in [-0.05, 0) is 96.3 Å². The minimum absolute atomic E-state index is 0.105. The van der Waals surface area contributed by atoms with Crippen molar-refractivity contribution < 1.29 is 49.3 Å². The molecule has 8 unspecified atom stereocenters. The highest BCUT2D eigenvalue weighted by Crippen LogP contribution is 2.26. The van der Waals surface area contributed by atoms with Gasteiger partial charge in [-0.25, -0.2) is 0 Å². The molecule has 0 radical (unpaired) electrons. The van der Waals surface area contributed by atoms with Gasteiger partial charge in [-0.3, -0.25) is 9.59 Å². The number of esters is 1. The van der Waals surface area contributed by atoms with Crippen LogP contribution in [-0.4, -0.2) is 99.6 Å². The van der Waals surface area contributed by atoms with Crippen LogP contribution >= 0.6 is 0 Å². The van der Waals surface area contributed by atoms with Gasteiger partial charge in [-0.2, -0.15) is 0 Å². The summed E-state index contributed by atoms with van der Waals surface area (Å²) in [5, 5.41) is 57.0. The molecule has 6 N–H and O–H groups in total. The molecule has 11 nitrogen and oxygen atoms in total. The first kappa shape index (κ1) is 75.1. The second-order valence-corrected chi connectivity index (χ2v) is 21.8. The molecule has 0 spiro atoms. The van der Waals surface area contributed by atoms with Crippen molar-refractivity contribution >= 4 is 11.9 Å². The molecule has 0 aromatic carbocycles. The molecule has 1 heterocycles. The van der Waals surface area contributed by atoms with Crippen LogP contribution in [0, 0.1) is 0 Å². The van der Waals surface area contributed by atoms with Crippen molar-refractivity contribution in [2.24, 2.45) is 0 Å². The fraction of sp³-hybridized carbons (Fsp3) is 0.686. The smallest absolute Gasteiger partial charge is 0.306 e. The monoisotopic (exact) mass is 1130 g/mol. The number of aliphatic hydroxyl groups is 5. The number of allylic oxidation sites excluding steroid dienone is 19. The fourth-order valence-electron chi connectivity index (χ4n) is 9.36. The molecular weight excluding hydrogens is 1010 g/mol. The molecule has 0 aromatic rings. The quantitative estimate of drug-likeness (QED) is 0.0149. The highest BCUT2D eigenvalue weighted by molar-refractivity contribution is 5.80. The van der Waals surface area contributed by atoms with E-state index in [1.165, 1.54) is 57.8 Å². The Morgan fingerprint density at radius 2 is 0.951 bits per heavy atom. The Bertz CT molecular complexity index is 1780. The van der Waals surface area contributed by atoms with Gasteiger partial charge in [0.25, 0.3) is 0 Å². The number of rotatable bonds is 53. The first-order valence-corrected chi connectivity index (χ1v) is 32.3. The van der Waals surface area contributed by atoms with E-state index in [9.17, 15) is 35.1 Å². The summed E-state index contributed by atoms with van der Waals surface area (Å²) < 4.78 is 17.6. The van der Waals surface area contributed by atoms with Crippen molar-refractivity contribution in [2.75, 3.05) is 13.2 Å². The standard InChI is InChI=1S/C70H117NO10/c1-4-7-10-13-16-19-22-24-26-27-28-29-30-31-32-33-34-35-36-37-38-40-43-46-49-52-55-58-65(75)81-68-67(77)66(76)64(59-72)80-70(68)79-60-61(62(73)56-53-50-47-44-41-21-18-15-12-9-6-3)71-69(78)63(74)57-54-51-48-45-42-39-25-23-20-17-14-11-8-5-2/h7-8,10-11,14,16-17,19-20,23-24,26,28-29,31-32,34-35,53,56,61-64,66-68,70,72-74,76-77H,4-6,9,12-13,15,18,21-22,25,27,30,33,36-52,54-55,57-60H2,1-3H3,(H,71,78)/b10-7-,11-8+,17-14+,19-16-,23-20+,26-24-,29-28-,32-31-,35-34-,56-53+. The molecule has 1 saturated heterocycles. The van der Waals surface area contributed by atoms with E-state index in [4.69, 9.17) is 14.2 Å². The lowest BCUT2D eigenvalue weighted by molar-refractivity contribution is -0.305. The predicted octanol–water partition coefficient (Wildman–Crippen LogP) is 15.8. The van der Waals surface area contributed by atoms with Crippen LogP contribution in [0.2, 0.25) is 0 Å². The summed E-state index contributed by atoms with van der Waals surface area (Å²) in [7, 11) is 0. The van der Waals surface area contributed by atoms with Crippen molar-refractivity contribution in [2.45, 2.75) is 294 Å². The molecule has 11 heteroatoms. The van der Waals surface area contributed by atoms with Gasteiger partial charge in [0, 0.05) is 6.42 Å². The van der Waals surface area contributed by atoms with Crippen molar-refractivity contribution in [3.05, 3.63) is 122 Å². The van der Waals surface area contributed by atoms with Gasteiger partial charge in [0.05, 0.1) is 25.4 Å². The average Bonchev–Trinajstić information content (AvgIpc) is 3.49. The summed E-state index contributed by atoms with van der Waals surface area (Å²) in [6.45, 7) is 5.51. The molecule has 1 aliphatic heterocycles. The highest BCUT2D eigenvalue weighted by Gasteiger charge is 2.47. The molecular formula is C70H117NO10. The van der Waals surface area contributed by atoms with Gasteiger partial charge >= 0.3 is 5.97 Å². The molecule has 8 atom stereocenters. The number of nitrogens with one attached hydrogen (secondary N) is 1. The molecule has 1 amide bonds. The van der Waals surface area contributed by atoms with E-state index >= 15 is 0 Å². The van der Waals surface area contributed by atoms with Gasteiger partial charge in [0.1, 0.15) is 24.4 Å².